The second kappa shape index (κ2) is 11.5. The van der Waals surface area contributed by atoms with E-state index in [1.807, 2.05) is 79.5 Å². The Bertz CT molecular complexity index is 1890. The number of ether oxygens (including phenoxy) is 2. The molecule has 5 aromatic rings. The normalized spacial score (nSPS) is 16.3. The second-order valence-corrected chi connectivity index (χ2v) is 11.3. The van der Waals surface area contributed by atoms with Crippen LogP contribution in [0, 0.1) is 6.92 Å². The van der Waals surface area contributed by atoms with Crippen molar-refractivity contribution >= 4 is 39.6 Å². The van der Waals surface area contributed by atoms with Gasteiger partial charge in [-0.3, -0.25) is 4.79 Å². The Morgan fingerprint density at radius 3 is 2.89 bits per heavy atom. The molecule has 1 fully saturated rings. The third-order valence-electron chi connectivity index (χ3n) is 7.91. The first-order valence-electron chi connectivity index (χ1n) is 14.6. The first kappa shape index (κ1) is 27.6. The Balaban J connectivity index is 1.13. The fourth-order valence-electron chi connectivity index (χ4n) is 5.71. The number of aromatic nitrogens is 5. The van der Waals surface area contributed by atoms with Gasteiger partial charge in [0.2, 0.25) is 5.91 Å². The minimum Gasteiger partial charge on any atom is -0.488 e. The SMILES string of the molecule is Cc1cc(Nc2ncnc3ccc4c(c23)OC[C@@H]2CN4CCN2C(=O)/C=C/CN(C)C)ccc1Oc1ccn2ncnc2c1. The molecule has 5 heterocycles. The lowest BCUT2D eigenvalue weighted by molar-refractivity contribution is -0.129. The molecule has 2 bridgehead atoms. The van der Waals surface area contributed by atoms with Gasteiger partial charge in [0.05, 0.1) is 22.6 Å². The van der Waals surface area contributed by atoms with Crippen LogP contribution in [0.2, 0.25) is 0 Å². The molecule has 1 N–H and O–H groups in total. The van der Waals surface area contributed by atoms with Crippen molar-refractivity contribution in [2.24, 2.45) is 0 Å². The number of anilines is 3. The van der Waals surface area contributed by atoms with Crippen LogP contribution >= 0.6 is 0 Å². The van der Waals surface area contributed by atoms with Gasteiger partial charge in [0.25, 0.3) is 0 Å². The molecule has 224 valence electrons. The van der Waals surface area contributed by atoms with Crippen LogP contribution in [-0.4, -0.2) is 93.2 Å². The van der Waals surface area contributed by atoms with E-state index in [-0.39, 0.29) is 11.9 Å². The van der Waals surface area contributed by atoms with Gasteiger partial charge < -0.3 is 29.5 Å². The highest BCUT2D eigenvalue weighted by Crippen LogP contribution is 2.42. The third-order valence-corrected chi connectivity index (χ3v) is 7.91. The van der Waals surface area contributed by atoms with Crippen LogP contribution in [0.15, 0.2) is 73.5 Å². The molecule has 0 radical (unpaired) electrons. The number of carbonyl (C=O) groups excluding carboxylic acids is 1. The topological polar surface area (TPSA) is 113 Å². The van der Waals surface area contributed by atoms with Crippen molar-refractivity contribution in [2.75, 3.05) is 57.1 Å². The van der Waals surface area contributed by atoms with Gasteiger partial charge >= 0.3 is 0 Å². The lowest BCUT2D eigenvalue weighted by Gasteiger charge is -2.39. The van der Waals surface area contributed by atoms with E-state index in [0.29, 0.717) is 43.5 Å². The summed E-state index contributed by atoms with van der Waals surface area (Å²) in [7, 11) is 3.96. The largest absolute Gasteiger partial charge is 0.488 e. The van der Waals surface area contributed by atoms with E-state index in [0.717, 1.165) is 45.9 Å². The Morgan fingerprint density at radius 2 is 2.02 bits per heavy atom. The number of piperazine rings is 1. The molecule has 7 rings (SSSR count). The molecule has 3 aromatic heterocycles. The molecule has 0 aliphatic carbocycles. The van der Waals surface area contributed by atoms with E-state index < -0.39 is 0 Å². The number of aryl methyl sites for hydroxylation is 1. The van der Waals surface area contributed by atoms with Gasteiger partial charge in [-0.1, -0.05) is 6.08 Å². The van der Waals surface area contributed by atoms with Gasteiger partial charge in [0, 0.05) is 50.2 Å². The number of rotatable bonds is 7. The molecule has 2 aliphatic rings. The molecule has 1 atom stereocenters. The van der Waals surface area contributed by atoms with Gasteiger partial charge in [0.15, 0.2) is 11.4 Å². The molecule has 12 nitrogen and oxygen atoms in total. The number of carbonyl (C=O) groups is 1. The number of hydrogen-bond acceptors (Lipinski definition) is 10. The number of likely N-dealkylation sites (N-methyl/N-ethyl adjacent to an activating group) is 1. The average molecular weight is 592 g/mol. The number of fused-ring (bicyclic) bond motifs is 7. The molecule has 0 saturated carbocycles. The summed E-state index contributed by atoms with van der Waals surface area (Å²) in [5.41, 5.74) is 4.28. The Labute approximate surface area is 254 Å². The zero-order valence-electron chi connectivity index (χ0n) is 24.8. The van der Waals surface area contributed by atoms with Crippen LogP contribution in [-0.2, 0) is 4.79 Å². The summed E-state index contributed by atoms with van der Waals surface area (Å²) in [4.78, 5) is 32.6. The van der Waals surface area contributed by atoms with E-state index in [2.05, 4.69) is 36.3 Å². The zero-order valence-corrected chi connectivity index (χ0v) is 24.8. The van der Waals surface area contributed by atoms with Gasteiger partial charge in [-0.15, -0.1) is 0 Å². The number of nitrogens with one attached hydrogen (secondary N) is 1. The molecule has 2 aromatic carbocycles. The standard InChI is InChI=1S/C32H33N9O3/c1-21-15-22(6-9-27(21)44-24-10-12-41-28(16-24)34-20-36-41)37-32-30-25(33-19-35-32)7-8-26-31(30)43-18-23-17-39(26)13-14-40(23)29(42)5-4-11-38(2)3/h4-10,12,15-16,19-20,23H,11,13-14,17-18H2,1-3H3,(H,33,35,37)/b5-4+/t23-/m0/s1. The summed E-state index contributed by atoms with van der Waals surface area (Å²) in [5, 5.41) is 8.42. The molecule has 44 heavy (non-hydrogen) atoms. The van der Waals surface area contributed by atoms with Crippen LogP contribution in [0.1, 0.15) is 5.56 Å². The average Bonchev–Trinajstić information content (AvgIpc) is 3.43. The Hall–Kier alpha value is -5.23. The number of pyridine rings is 1. The number of nitrogens with zero attached hydrogens (tertiary/aromatic N) is 8. The van der Waals surface area contributed by atoms with Crippen LogP contribution in [0.4, 0.5) is 17.2 Å². The fourth-order valence-corrected chi connectivity index (χ4v) is 5.71. The van der Waals surface area contributed by atoms with E-state index in [1.165, 1.54) is 6.33 Å². The molecule has 1 amide bonds. The molecular formula is C32H33N9O3. The smallest absolute Gasteiger partial charge is 0.246 e. The van der Waals surface area contributed by atoms with Gasteiger partial charge in [-0.05, 0) is 63.0 Å². The Morgan fingerprint density at radius 1 is 1.11 bits per heavy atom. The Kier molecular flexibility index (Phi) is 7.18. The predicted octanol–water partition coefficient (Wildman–Crippen LogP) is 4.04. The number of amides is 1. The highest BCUT2D eigenvalue weighted by Gasteiger charge is 2.35. The lowest BCUT2D eigenvalue weighted by Crippen LogP contribution is -2.56. The summed E-state index contributed by atoms with van der Waals surface area (Å²) in [6, 6.07) is 13.6. The molecule has 12 heteroatoms. The van der Waals surface area contributed by atoms with Crippen LogP contribution < -0.4 is 19.7 Å². The van der Waals surface area contributed by atoms with Gasteiger partial charge in [0.1, 0.15) is 36.6 Å². The van der Waals surface area contributed by atoms with Gasteiger partial charge in [-0.25, -0.2) is 19.5 Å². The summed E-state index contributed by atoms with van der Waals surface area (Å²) in [6.07, 6.45) is 8.46. The predicted molar refractivity (Wildman–Crippen MR) is 168 cm³/mol. The maximum atomic E-state index is 13.0. The van der Waals surface area contributed by atoms with Crippen molar-refractivity contribution in [2.45, 2.75) is 13.0 Å². The van der Waals surface area contributed by atoms with Gasteiger partial charge in [-0.2, -0.15) is 5.10 Å². The maximum Gasteiger partial charge on any atom is 0.246 e. The van der Waals surface area contributed by atoms with Crippen molar-refractivity contribution in [1.82, 2.24) is 34.4 Å². The van der Waals surface area contributed by atoms with Crippen molar-refractivity contribution in [3.05, 3.63) is 79.0 Å². The van der Waals surface area contributed by atoms with Crippen LogP contribution in [0.25, 0.3) is 16.6 Å². The monoisotopic (exact) mass is 591 g/mol. The molecule has 0 unspecified atom stereocenters. The summed E-state index contributed by atoms with van der Waals surface area (Å²) in [6.45, 7) is 5.15. The zero-order chi connectivity index (χ0) is 30.2. The van der Waals surface area contributed by atoms with Crippen LogP contribution in [0.5, 0.6) is 17.2 Å². The molecule has 2 aliphatic heterocycles. The highest BCUT2D eigenvalue weighted by molar-refractivity contribution is 6.00. The minimum atomic E-state index is -0.0654. The van der Waals surface area contributed by atoms with Crippen molar-refractivity contribution < 1.29 is 14.3 Å². The lowest BCUT2D eigenvalue weighted by atomic mass is 10.1. The minimum absolute atomic E-state index is 0.0171. The first-order chi connectivity index (χ1) is 21.4. The van der Waals surface area contributed by atoms with Crippen LogP contribution in [0.3, 0.4) is 0 Å². The molecular weight excluding hydrogens is 558 g/mol. The van der Waals surface area contributed by atoms with Crippen molar-refractivity contribution in [3.8, 4) is 17.2 Å². The number of benzene rings is 2. The third kappa shape index (κ3) is 5.35. The van der Waals surface area contributed by atoms with E-state index in [1.54, 1.807) is 16.9 Å². The summed E-state index contributed by atoms with van der Waals surface area (Å²) < 4.78 is 14.3. The molecule has 1 saturated heterocycles. The molecule has 0 spiro atoms. The summed E-state index contributed by atoms with van der Waals surface area (Å²) >= 11 is 0. The second-order valence-electron chi connectivity index (χ2n) is 11.3. The quantitative estimate of drug-likeness (QED) is 0.278. The number of hydrogen-bond donors (Lipinski definition) is 1. The van der Waals surface area contributed by atoms with Crippen molar-refractivity contribution in [3.63, 3.8) is 0 Å². The van der Waals surface area contributed by atoms with E-state index >= 15 is 0 Å². The van der Waals surface area contributed by atoms with E-state index in [4.69, 9.17) is 9.47 Å². The van der Waals surface area contributed by atoms with E-state index in [9.17, 15) is 4.79 Å². The first-order valence-corrected chi connectivity index (χ1v) is 14.6. The highest BCUT2D eigenvalue weighted by atomic mass is 16.5. The van der Waals surface area contributed by atoms with Crippen molar-refractivity contribution in [1.29, 1.82) is 0 Å². The maximum absolute atomic E-state index is 13.0. The fraction of sp³-hybridized carbons (Fsp3) is 0.281. The summed E-state index contributed by atoms with van der Waals surface area (Å²) in [5.74, 6) is 2.81.